The van der Waals surface area contributed by atoms with E-state index in [1.807, 2.05) is 24.3 Å². The summed E-state index contributed by atoms with van der Waals surface area (Å²) in [5.41, 5.74) is 3.01. The van der Waals surface area contributed by atoms with Crippen molar-refractivity contribution in [1.82, 2.24) is 4.98 Å². The molecule has 0 amide bonds. The molecule has 0 bridgehead atoms. The van der Waals surface area contributed by atoms with Gasteiger partial charge in [-0.05, 0) is 35.2 Å². The third-order valence-electron chi connectivity index (χ3n) is 3.65. The zero-order valence-corrected chi connectivity index (χ0v) is 10.3. The van der Waals surface area contributed by atoms with Gasteiger partial charge in [0.2, 0.25) is 0 Å². The molecule has 2 unspecified atom stereocenters. The highest BCUT2D eigenvalue weighted by molar-refractivity contribution is 5.96. The zero-order chi connectivity index (χ0) is 13.2. The highest BCUT2D eigenvalue weighted by atomic mass is 16.1. The van der Waals surface area contributed by atoms with E-state index in [4.69, 9.17) is 0 Å². The average molecular weight is 248 g/mol. The van der Waals surface area contributed by atoms with Gasteiger partial charge in [-0.1, -0.05) is 24.3 Å². The lowest BCUT2D eigenvalue weighted by molar-refractivity contribution is -0.121. The Morgan fingerprint density at radius 1 is 1.26 bits per heavy atom. The molecule has 2 atom stereocenters. The number of carbonyl (C=O) groups is 1. The van der Waals surface area contributed by atoms with Crippen LogP contribution in [0.3, 0.4) is 0 Å². The second-order valence-electron chi connectivity index (χ2n) is 4.70. The summed E-state index contributed by atoms with van der Waals surface area (Å²) in [6.07, 6.45) is 3.97. The Morgan fingerprint density at radius 2 is 2.00 bits per heavy atom. The Morgan fingerprint density at radius 3 is 2.68 bits per heavy atom. The number of pyridine rings is 1. The van der Waals surface area contributed by atoms with Crippen molar-refractivity contribution < 1.29 is 4.79 Å². The fourth-order valence-corrected chi connectivity index (χ4v) is 2.57. The Bertz CT molecular complexity index is 658. The van der Waals surface area contributed by atoms with Gasteiger partial charge in [-0.25, -0.2) is 0 Å². The predicted octanol–water partition coefficient (Wildman–Crippen LogP) is 2.60. The average Bonchev–Trinajstić information content (AvgIpc) is 2.42. The second kappa shape index (κ2) is 4.66. The van der Waals surface area contributed by atoms with E-state index in [0.717, 1.165) is 17.5 Å². The molecule has 0 radical (unpaired) electrons. The molecule has 0 saturated carbocycles. The minimum atomic E-state index is -0.693. The Kier molecular flexibility index (Phi) is 2.85. The standard InChI is InChI=1S/C16H12N2O/c17-10-15(11-5-7-18-8-6-11)16(19)14-9-12-3-1-2-4-13(12)14/h1-8,14-15H,9H2. The molecular formula is C16H12N2O. The van der Waals surface area contributed by atoms with E-state index in [1.54, 1.807) is 24.5 Å². The summed E-state index contributed by atoms with van der Waals surface area (Å²) in [4.78, 5) is 16.4. The van der Waals surface area contributed by atoms with E-state index < -0.39 is 5.92 Å². The van der Waals surface area contributed by atoms with Crippen molar-refractivity contribution in [2.24, 2.45) is 0 Å². The Hall–Kier alpha value is -2.47. The number of Topliss-reactive ketones (excluding diaryl/α,β-unsaturated/α-hetero) is 1. The first kappa shape index (κ1) is 11.6. The maximum absolute atomic E-state index is 12.5. The summed E-state index contributed by atoms with van der Waals surface area (Å²) in [6, 6.07) is 13.5. The van der Waals surface area contributed by atoms with Gasteiger partial charge in [-0.2, -0.15) is 5.26 Å². The molecule has 2 aromatic rings. The van der Waals surface area contributed by atoms with E-state index in [2.05, 4.69) is 11.1 Å². The van der Waals surface area contributed by atoms with E-state index in [1.165, 1.54) is 5.56 Å². The number of nitriles is 1. The van der Waals surface area contributed by atoms with Crippen molar-refractivity contribution in [2.75, 3.05) is 0 Å². The molecule has 1 aromatic heterocycles. The zero-order valence-electron chi connectivity index (χ0n) is 10.3. The molecule has 1 heterocycles. The van der Waals surface area contributed by atoms with E-state index in [-0.39, 0.29) is 11.7 Å². The Balaban J connectivity index is 1.88. The van der Waals surface area contributed by atoms with Crippen molar-refractivity contribution in [3.8, 4) is 6.07 Å². The molecule has 92 valence electrons. The summed E-state index contributed by atoms with van der Waals surface area (Å²) < 4.78 is 0. The van der Waals surface area contributed by atoms with Gasteiger partial charge >= 0.3 is 0 Å². The first-order chi connectivity index (χ1) is 9.31. The molecular weight excluding hydrogens is 236 g/mol. The van der Waals surface area contributed by atoms with Crippen molar-refractivity contribution in [2.45, 2.75) is 18.3 Å². The molecule has 0 saturated heterocycles. The van der Waals surface area contributed by atoms with Crippen molar-refractivity contribution in [3.63, 3.8) is 0 Å². The smallest absolute Gasteiger partial charge is 0.162 e. The number of fused-ring (bicyclic) bond motifs is 1. The number of nitrogens with zero attached hydrogens (tertiary/aromatic N) is 2. The fourth-order valence-electron chi connectivity index (χ4n) is 2.57. The lowest BCUT2D eigenvalue weighted by Crippen LogP contribution is -2.29. The molecule has 1 aliphatic carbocycles. The third kappa shape index (κ3) is 1.92. The second-order valence-corrected chi connectivity index (χ2v) is 4.70. The maximum Gasteiger partial charge on any atom is 0.162 e. The lowest BCUT2D eigenvalue weighted by Gasteiger charge is -2.30. The SMILES string of the molecule is N#CC(C(=O)C1Cc2ccccc21)c1ccncc1. The van der Waals surface area contributed by atoms with Gasteiger partial charge in [0.15, 0.2) is 5.78 Å². The number of hydrogen-bond donors (Lipinski definition) is 0. The van der Waals surface area contributed by atoms with Gasteiger partial charge in [0, 0.05) is 18.3 Å². The number of carbonyl (C=O) groups excluding carboxylic acids is 1. The van der Waals surface area contributed by atoms with Gasteiger partial charge < -0.3 is 0 Å². The normalized spacial score (nSPS) is 17.7. The molecule has 19 heavy (non-hydrogen) atoms. The number of hydrogen-bond acceptors (Lipinski definition) is 3. The van der Waals surface area contributed by atoms with Crippen LogP contribution in [0.15, 0.2) is 48.8 Å². The van der Waals surface area contributed by atoms with Gasteiger partial charge in [-0.15, -0.1) is 0 Å². The first-order valence-corrected chi connectivity index (χ1v) is 6.22. The van der Waals surface area contributed by atoms with Gasteiger partial charge in [0.1, 0.15) is 5.92 Å². The Labute approximate surface area is 111 Å². The summed E-state index contributed by atoms with van der Waals surface area (Å²) in [7, 11) is 0. The van der Waals surface area contributed by atoms with Crippen LogP contribution in [-0.4, -0.2) is 10.8 Å². The summed E-state index contributed by atoms with van der Waals surface area (Å²) in [5, 5.41) is 9.28. The predicted molar refractivity (Wildman–Crippen MR) is 70.5 cm³/mol. The maximum atomic E-state index is 12.5. The molecule has 0 spiro atoms. The van der Waals surface area contributed by atoms with Crippen LogP contribution in [0.2, 0.25) is 0 Å². The van der Waals surface area contributed by atoms with Crippen LogP contribution in [0.4, 0.5) is 0 Å². The van der Waals surface area contributed by atoms with Crippen molar-refractivity contribution in [3.05, 3.63) is 65.5 Å². The van der Waals surface area contributed by atoms with Crippen LogP contribution in [0.5, 0.6) is 0 Å². The molecule has 0 fully saturated rings. The van der Waals surface area contributed by atoms with E-state index in [9.17, 15) is 10.1 Å². The number of rotatable bonds is 3. The minimum absolute atomic E-state index is 0.00704. The van der Waals surface area contributed by atoms with E-state index in [0.29, 0.717) is 0 Å². The quantitative estimate of drug-likeness (QED) is 0.839. The third-order valence-corrected chi connectivity index (χ3v) is 3.65. The number of benzene rings is 1. The lowest BCUT2D eigenvalue weighted by atomic mass is 9.71. The highest BCUT2D eigenvalue weighted by Crippen LogP contribution is 2.38. The topological polar surface area (TPSA) is 53.8 Å². The summed E-state index contributed by atoms with van der Waals surface area (Å²) >= 11 is 0. The van der Waals surface area contributed by atoms with Crippen LogP contribution >= 0.6 is 0 Å². The highest BCUT2D eigenvalue weighted by Gasteiger charge is 2.36. The monoisotopic (exact) mass is 248 g/mol. The number of ketones is 1. The number of aromatic nitrogens is 1. The van der Waals surface area contributed by atoms with Crippen LogP contribution in [0, 0.1) is 11.3 Å². The van der Waals surface area contributed by atoms with Crippen LogP contribution in [-0.2, 0) is 11.2 Å². The van der Waals surface area contributed by atoms with Gasteiger partial charge in [-0.3, -0.25) is 9.78 Å². The molecule has 3 nitrogen and oxygen atoms in total. The summed E-state index contributed by atoms with van der Waals surface area (Å²) in [5.74, 6) is -0.831. The van der Waals surface area contributed by atoms with Gasteiger partial charge in [0.25, 0.3) is 0 Å². The van der Waals surface area contributed by atoms with Crippen LogP contribution < -0.4 is 0 Å². The summed E-state index contributed by atoms with van der Waals surface area (Å²) in [6.45, 7) is 0. The van der Waals surface area contributed by atoms with Crippen molar-refractivity contribution >= 4 is 5.78 Å². The van der Waals surface area contributed by atoms with Crippen LogP contribution in [0.1, 0.15) is 28.5 Å². The minimum Gasteiger partial charge on any atom is -0.297 e. The van der Waals surface area contributed by atoms with Gasteiger partial charge in [0.05, 0.1) is 6.07 Å². The van der Waals surface area contributed by atoms with Crippen LogP contribution in [0.25, 0.3) is 0 Å². The molecule has 1 aromatic carbocycles. The molecule has 1 aliphatic rings. The molecule has 3 heteroatoms. The molecule has 0 aliphatic heterocycles. The molecule has 0 N–H and O–H groups in total. The largest absolute Gasteiger partial charge is 0.297 e. The molecule has 3 rings (SSSR count). The van der Waals surface area contributed by atoms with E-state index >= 15 is 0 Å². The van der Waals surface area contributed by atoms with Crippen molar-refractivity contribution in [1.29, 1.82) is 5.26 Å². The fraction of sp³-hybridized carbons (Fsp3) is 0.188. The first-order valence-electron chi connectivity index (χ1n) is 6.22.